The molecule has 4 nitrogen and oxygen atoms in total. The summed E-state index contributed by atoms with van der Waals surface area (Å²) in [4.78, 5) is 2.43. The first-order chi connectivity index (χ1) is 10.1. The molecule has 4 heteroatoms. The summed E-state index contributed by atoms with van der Waals surface area (Å²) in [5.74, 6) is 1.52. The Morgan fingerprint density at radius 2 is 1.67 bits per heavy atom. The fourth-order valence-electron chi connectivity index (χ4n) is 3.10. The van der Waals surface area contributed by atoms with Gasteiger partial charge in [-0.2, -0.15) is 0 Å². The van der Waals surface area contributed by atoms with Crippen LogP contribution in [0.4, 0.5) is 0 Å². The zero-order valence-corrected chi connectivity index (χ0v) is 13.5. The lowest BCUT2D eigenvalue weighted by atomic mass is 9.99. The maximum atomic E-state index is 6.61. The summed E-state index contributed by atoms with van der Waals surface area (Å²) in [6, 6.07) is 6.05. The molecule has 21 heavy (non-hydrogen) atoms. The smallest absolute Gasteiger partial charge is 0.160 e. The molecule has 1 aliphatic rings. The van der Waals surface area contributed by atoms with E-state index in [4.69, 9.17) is 15.2 Å². The van der Waals surface area contributed by atoms with Crippen LogP contribution in [0.2, 0.25) is 0 Å². The van der Waals surface area contributed by atoms with Crippen molar-refractivity contribution in [3.05, 3.63) is 23.8 Å². The van der Waals surface area contributed by atoms with E-state index in [1.165, 1.54) is 31.2 Å². The molecule has 1 heterocycles. The summed E-state index contributed by atoms with van der Waals surface area (Å²) in [7, 11) is 3.32. The van der Waals surface area contributed by atoms with Crippen LogP contribution in [-0.2, 0) is 6.42 Å². The molecule has 1 fully saturated rings. The highest BCUT2D eigenvalue weighted by Crippen LogP contribution is 2.29. The maximum Gasteiger partial charge on any atom is 0.160 e. The summed E-state index contributed by atoms with van der Waals surface area (Å²) >= 11 is 0. The minimum absolute atomic E-state index is 0.316. The molecule has 118 valence electrons. The van der Waals surface area contributed by atoms with Crippen LogP contribution in [0.5, 0.6) is 11.5 Å². The van der Waals surface area contributed by atoms with Gasteiger partial charge in [-0.1, -0.05) is 18.9 Å². The average Bonchev–Trinajstić information content (AvgIpc) is 2.76. The van der Waals surface area contributed by atoms with Gasteiger partial charge in [0.1, 0.15) is 0 Å². The molecule has 1 atom stereocenters. The molecule has 1 aliphatic heterocycles. The molecule has 1 saturated heterocycles. The van der Waals surface area contributed by atoms with Crippen LogP contribution in [0, 0.1) is 0 Å². The minimum atomic E-state index is -0.316. The van der Waals surface area contributed by atoms with Gasteiger partial charge in [0.25, 0.3) is 0 Å². The van der Waals surface area contributed by atoms with Crippen molar-refractivity contribution in [3.63, 3.8) is 0 Å². The lowest BCUT2D eigenvalue weighted by Gasteiger charge is -2.38. The third-order valence-electron chi connectivity index (χ3n) is 4.34. The molecule has 0 radical (unpaired) electrons. The molecule has 1 aromatic carbocycles. The van der Waals surface area contributed by atoms with Crippen molar-refractivity contribution in [2.45, 2.75) is 44.7 Å². The highest BCUT2D eigenvalue weighted by Gasteiger charge is 2.28. The summed E-state index contributed by atoms with van der Waals surface area (Å²) in [6.45, 7) is 4.33. The Hall–Kier alpha value is -1.26. The first kappa shape index (κ1) is 16.1. The van der Waals surface area contributed by atoms with Crippen molar-refractivity contribution in [3.8, 4) is 11.5 Å². The van der Waals surface area contributed by atoms with Gasteiger partial charge in [0.15, 0.2) is 11.5 Å². The molecule has 0 amide bonds. The molecular weight excluding hydrogens is 264 g/mol. The second kappa shape index (κ2) is 7.14. The zero-order chi connectivity index (χ0) is 15.3. The number of benzene rings is 1. The van der Waals surface area contributed by atoms with E-state index >= 15 is 0 Å². The van der Waals surface area contributed by atoms with E-state index in [1.807, 2.05) is 12.1 Å². The molecule has 1 unspecified atom stereocenters. The molecule has 0 aliphatic carbocycles. The van der Waals surface area contributed by atoms with Crippen molar-refractivity contribution < 1.29 is 9.47 Å². The third-order valence-corrected chi connectivity index (χ3v) is 4.34. The Bertz CT molecular complexity index is 452. The third kappa shape index (κ3) is 4.11. The molecule has 0 aromatic heterocycles. The number of hydrogen-bond acceptors (Lipinski definition) is 4. The van der Waals surface area contributed by atoms with Crippen molar-refractivity contribution in [2.75, 3.05) is 27.3 Å². The molecular formula is C17H28N2O2. The van der Waals surface area contributed by atoms with E-state index in [0.717, 1.165) is 31.0 Å². The van der Waals surface area contributed by atoms with E-state index in [1.54, 1.807) is 14.2 Å². The summed E-state index contributed by atoms with van der Waals surface area (Å²) in [5.41, 5.74) is 7.48. The monoisotopic (exact) mass is 292 g/mol. The normalized spacial score (nSPS) is 19.6. The Morgan fingerprint density at radius 1 is 1.05 bits per heavy atom. The SMILES string of the molecule is COc1ccc(CC(C)(N)N2CCCCCC2)cc1OC. The van der Waals surface area contributed by atoms with Gasteiger partial charge in [0.2, 0.25) is 0 Å². The standard InChI is InChI=1S/C17H28N2O2/c1-17(18,19-10-6-4-5-7-11-19)13-14-8-9-15(20-2)16(12-14)21-3/h8-9,12H,4-7,10-11,13,18H2,1-3H3. The van der Waals surface area contributed by atoms with Gasteiger partial charge in [-0.15, -0.1) is 0 Å². The van der Waals surface area contributed by atoms with E-state index in [0.29, 0.717) is 0 Å². The second-order valence-corrected chi connectivity index (χ2v) is 6.12. The molecule has 1 aromatic rings. The first-order valence-corrected chi connectivity index (χ1v) is 7.81. The van der Waals surface area contributed by atoms with Crippen molar-refractivity contribution in [1.82, 2.24) is 4.90 Å². The van der Waals surface area contributed by atoms with Crippen LogP contribution in [0.1, 0.15) is 38.2 Å². The Labute approximate surface area is 128 Å². The molecule has 0 bridgehead atoms. The van der Waals surface area contributed by atoms with E-state index in [9.17, 15) is 0 Å². The molecule has 2 N–H and O–H groups in total. The van der Waals surface area contributed by atoms with Crippen LogP contribution in [0.3, 0.4) is 0 Å². The number of nitrogens with two attached hydrogens (primary N) is 1. The molecule has 2 rings (SSSR count). The van der Waals surface area contributed by atoms with Gasteiger partial charge in [-0.05, 0) is 50.6 Å². The van der Waals surface area contributed by atoms with Crippen LogP contribution in [0.25, 0.3) is 0 Å². The van der Waals surface area contributed by atoms with E-state index < -0.39 is 0 Å². The lowest BCUT2D eigenvalue weighted by Crippen LogP contribution is -2.55. The number of nitrogens with zero attached hydrogens (tertiary/aromatic N) is 1. The first-order valence-electron chi connectivity index (χ1n) is 7.81. The maximum absolute atomic E-state index is 6.61. The summed E-state index contributed by atoms with van der Waals surface area (Å²) in [6.07, 6.45) is 5.96. The van der Waals surface area contributed by atoms with Crippen molar-refractivity contribution in [1.29, 1.82) is 0 Å². The predicted octanol–water partition coefficient (Wildman–Crippen LogP) is 2.80. The van der Waals surface area contributed by atoms with Crippen molar-refractivity contribution in [2.24, 2.45) is 5.73 Å². The number of methoxy groups -OCH3 is 2. The number of likely N-dealkylation sites (tertiary alicyclic amines) is 1. The summed E-state index contributed by atoms with van der Waals surface area (Å²) < 4.78 is 10.7. The van der Waals surface area contributed by atoms with Crippen LogP contribution in [0.15, 0.2) is 18.2 Å². The highest BCUT2D eigenvalue weighted by atomic mass is 16.5. The lowest BCUT2D eigenvalue weighted by molar-refractivity contribution is 0.113. The van der Waals surface area contributed by atoms with Gasteiger partial charge >= 0.3 is 0 Å². The largest absolute Gasteiger partial charge is 0.493 e. The van der Waals surface area contributed by atoms with E-state index in [2.05, 4.69) is 17.9 Å². The van der Waals surface area contributed by atoms with Crippen LogP contribution < -0.4 is 15.2 Å². The minimum Gasteiger partial charge on any atom is -0.493 e. The second-order valence-electron chi connectivity index (χ2n) is 6.12. The fraction of sp³-hybridized carbons (Fsp3) is 0.647. The van der Waals surface area contributed by atoms with Gasteiger partial charge in [-0.25, -0.2) is 0 Å². The van der Waals surface area contributed by atoms with Gasteiger partial charge in [0, 0.05) is 6.42 Å². The fourth-order valence-corrected chi connectivity index (χ4v) is 3.10. The number of rotatable bonds is 5. The van der Waals surface area contributed by atoms with Crippen molar-refractivity contribution >= 4 is 0 Å². The quantitative estimate of drug-likeness (QED) is 0.906. The molecule has 0 saturated carbocycles. The highest BCUT2D eigenvalue weighted by molar-refractivity contribution is 5.43. The van der Waals surface area contributed by atoms with Crippen LogP contribution in [-0.4, -0.2) is 37.9 Å². The summed E-state index contributed by atoms with van der Waals surface area (Å²) in [5, 5.41) is 0. The Kier molecular flexibility index (Phi) is 5.48. The van der Waals surface area contributed by atoms with Gasteiger partial charge in [0.05, 0.1) is 19.9 Å². The zero-order valence-electron chi connectivity index (χ0n) is 13.5. The average molecular weight is 292 g/mol. The Morgan fingerprint density at radius 3 is 2.24 bits per heavy atom. The number of hydrogen-bond donors (Lipinski definition) is 1. The van der Waals surface area contributed by atoms with Gasteiger partial charge < -0.3 is 15.2 Å². The van der Waals surface area contributed by atoms with E-state index in [-0.39, 0.29) is 5.66 Å². The predicted molar refractivity (Wildman–Crippen MR) is 85.9 cm³/mol. The number of ether oxygens (including phenoxy) is 2. The topological polar surface area (TPSA) is 47.7 Å². The van der Waals surface area contributed by atoms with Crippen LogP contribution >= 0.6 is 0 Å². The Balaban J connectivity index is 2.11. The molecule has 0 spiro atoms. The van der Waals surface area contributed by atoms with Gasteiger partial charge in [-0.3, -0.25) is 4.90 Å².